The van der Waals surface area contributed by atoms with Gasteiger partial charge in [0.25, 0.3) is 0 Å². The lowest BCUT2D eigenvalue weighted by Crippen LogP contribution is -2.49. The quantitative estimate of drug-likeness (QED) is 0.657. The minimum atomic E-state index is 0.0116. The Labute approximate surface area is 126 Å². The van der Waals surface area contributed by atoms with Crippen molar-refractivity contribution >= 4 is 0 Å². The van der Waals surface area contributed by atoms with Crippen molar-refractivity contribution in [2.24, 2.45) is 16.2 Å². The molecule has 3 nitrogen and oxygen atoms in total. The minimum Gasteiger partial charge on any atom is -0.380 e. The maximum absolute atomic E-state index is 5.30. The van der Waals surface area contributed by atoms with Gasteiger partial charge in [0.2, 0.25) is 0 Å². The second-order valence-electron chi connectivity index (χ2n) is 7.74. The molecule has 2 saturated heterocycles. The predicted molar refractivity (Wildman–Crippen MR) is 84.9 cm³/mol. The lowest BCUT2D eigenvalue weighted by Gasteiger charge is -2.48. The molecule has 0 aliphatic carbocycles. The highest BCUT2D eigenvalue weighted by Crippen LogP contribution is 2.43. The maximum atomic E-state index is 5.30. The first kappa shape index (κ1) is 19.9. The molecule has 0 bridgehead atoms. The molecule has 0 radical (unpaired) electrons. The van der Waals surface area contributed by atoms with Gasteiger partial charge in [-0.1, -0.05) is 62.3 Å². The lowest BCUT2D eigenvalue weighted by molar-refractivity contribution is -0.158. The third kappa shape index (κ3) is 5.71. The third-order valence-corrected chi connectivity index (χ3v) is 3.98. The van der Waals surface area contributed by atoms with Crippen molar-refractivity contribution in [3.05, 3.63) is 0 Å². The second kappa shape index (κ2) is 7.77. The average molecular weight is 288 g/mol. The summed E-state index contributed by atoms with van der Waals surface area (Å²) >= 11 is 0. The Morgan fingerprint density at radius 1 is 0.850 bits per heavy atom. The summed E-state index contributed by atoms with van der Waals surface area (Å²) in [4.78, 5) is 0. The molecule has 2 heterocycles. The van der Waals surface area contributed by atoms with Gasteiger partial charge in [-0.25, -0.2) is 0 Å². The minimum absolute atomic E-state index is 0.0116. The van der Waals surface area contributed by atoms with Gasteiger partial charge in [-0.05, 0) is 5.41 Å². The van der Waals surface area contributed by atoms with Crippen LogP contribution in [0.25, 0.3) is 0 Å². The SMILES string of the molecule is CC.CC(C)(C)C1(C)COC1.CC(C)(C)C1OCCO1. The molecule has 2 aliphatic rings. The highest BCUT2D eigenvalue weighted by Gasteiger charge is 2.43. The zero-order valence-electron chi connectivity index (χ0n) is 15.1. The van der Waals surface area contributed by atoms with E-state index >= 15 is 0 Å². The molecule has 0 atom stereocenters. The van der Waals surface area contributed by atoms with E-state index in [1.807, 2.05) is 13.8 Å². The highest BCUT2D eigenvalue weighted by atomic mass is 16.7. The molecule has 2 fully saturated rings. The summed E-state index contributed by atoms with van der Waals surface area (Å²) in [7, 11) is 0. The first-order chi connectivity index (χ1) is 9.06. The molecule has 0 aromatic carbocycles. The van der Waals surface area contributed by atoms with Crippen molar-refractivity contribution in [3.8, 4) is 0 Å². The topological polar surface area (TPSA) is 27.7 Å². The molecular formula is C17H36O3. The molecule has 0 spiro atoms. The van der Waals surface area contributed by atoms with E-state index in [1.54, 1.807) is 0 Å². The average Bonchev–Trinajstić information content (AvgIpc) is 2.81. The number of hydrogen-bond donors (Lipinski definition) is 0. The van der Waals surface area contributed by atoms with Crippen LogP contribution in [-0.4, -0.2) is 32.7 Å². The molecular weight excluding hydrogens is 252 g/mol. The molecule has 0 aromatic rings. The van der Waals surface area contributed by atoms with E-state index in [0.29, 0.717) is 10.8 Å². The lowest BCUT2D eigenvalue weighted by atomic mass is 9.67. The maximum Gasteiger partial charge on any atom is 0.162 e. The van der Waals surface area contributed by atoms with Gasteiger partial charge in [-0.15, -0.1) is 0 Å². The standard InChI is InChI=1S/C8H16O.C7H14O2.C2H6/c1-7(2,3)8(4)5-9-6-8;1-7(2,3)6-8-4-5-9-6;1-2/h5-6H2,1-4H3;6H,4-5H2,1-3H3;1-2H3. The summed E-state index contributed by atoms with van der Waals surface area (Å²) in [5.41, 5.74) is 0.981. The molecule has 2 aliphatic heterocycles. The smallest absolute Gasteiger partial charge is 0.162 e. The summed E-state index contributed by atoms with van der Waals surface area (Å²) in [6.45, 7) is 22.8. The molecule has 3 heteroatoms. The van der Waals surface area contributed by atoms with Gasteiger partial charge < -0.3 is 14.2 Å². The summed E-state index contributed by atoms with van der Waals surface area (Å²) in [5, 5.41) is 0. The van der Waals surface area contributed by atoms with Crippen LogP contribution in [0.5, 0.6) is 0 Å². The molecule has 0 N–H and O–H groups in total. The van der Waals surface area contributed by atoms with Gasteiger partial charge in [-0.2, -0.15) is 0 Å². The van der Waals surface area contributed by atoms with Gasteiger partial charge in [0.05, 0.1) is 26.4 Å². The van der Waals surface area contributed by atoms with Crippen LogP contribution < -0.4 is 0 Å². The van der Waals surface area contributed by atoms with Crippen LogP contribution >= 0.6 is 0 Å². The van der Waals surface area contributed by atoms with Crippen molar-refractivity contribution in [2.45, 2.75) is 68.6 Å². The van der Waals surface area contributed by atoms with Crippen molar-refractivity contribution in [1.29, 1.82) is 0 Å². The van der Waals surface area contributed by atoms with Crippen LogP contribution in [0.1, 0.15) is 62.3 Å². The van der Waals surface area contributed by atoms with E-state index in [0.717, 1.165) is 26.4 Å². The van der Waals surface area contributed by atoms with E-state index in [-0.39, 0.29) is 11.7 Å². The van der Waals surface area contributed by atoms with Crippen LogP contribution in [0.3, 0.4) is 0 Å². The van der Waals surface area contributed by atoms with Gasteiger partial charge in [0, 0.05) is 10.8 Å². The zero-order valence-corrected chi connectivity index (χ0v) is 15.1. The van der Waals surface area contributed by atoms with E-state index in [2.05, 4.69) is 48.5 Å². The largest absolute Gasteiger partial charge is 0.380 e. The molecule has 0 amide bonds. The van der Waals surface area contributed by atoms with Crippen molar-refractivity contribution in [2.75, 3.05) is 26.4 Å². The Morgan fingerprint density at radius 3 is 1.35 bits per heavy atom. The number of hydrogen-bond acceptors (Lipinski definition) is 3. The summed E-state index contributed by atoms with van der Waals surface area (Å²) in [6.07, 6.45) is 0.0116. The predicted octanol–water partition coefficient (Wildman–Crippen LogP) is 4.50. The second-order valence-corrected chi connectivity index (χ2v) is 7.74. The number of rotatable bonds is 0. The molecule has 0 saturated carbocycles. The van der Waals surface area contributed by atoms with Crippen molar-refractivity contribution in [3.63, 3.8) is 0 Å². The van der Waals surface area contributed by atoms with Crippen LogP contribution in [0.15, 0.2) is 0 Å². The first-order valence-corrected chi connectivity index (χ1v) is 7.87. The van der Waals surface area contributed by atoms with Gasteiger partial charge in [-0.3, -0.25) is 0 Å². The Kier molecular flexibility index (Phi) is 7.72. The first-order valence-electron chi connectivity index (χ1n) is 7.87. The van der Waals surface area contributed by atoms with Crippen LogP contribution in [0.2, 0.25) is 0 Å². The fraction of sp³-hybridized carbons (Fsp3) is 1.00. The van der Waals surface area contributed by atoms with Crippen LogP contribution in [-0.2, 0) is 14.2 Å². The van der Waals surface area contributed by atoms with E-state index in [9.17, 15) is 0 Å². The van der Waals surface area contributed by atoms with Gasteiger partial charge >= 0.3 is 0 Å². The molecule has 0 unspecified atom stereocenters. The summed E-state index contributed by atoms with van der Waals surface area (Å²) in [5.74, 6) is 0. The highest BCUT2D eigenvalue weighted by molar-refractivity contribution is 4.91. The molecule has 0 aromatic heterocycles. The van der Waals surface area contributed by atoms with Gasteiger partial charge in [0.15, 0.2) is 6.29 Å². The third-order valence-electron chi connectivity index (χ3n) is 3.98. The Hall–Kier alpha value is -0.120. The Balaban J connectivity index is 0.000000321. The van der Waals surface area contributed by atoms with Crippen LogP contribution in [0.4, 0.5) is 0 Å². The molecule has 2 rings (SSSR count). The fourth-order valence-electron chi connectivity index (χ4n) is 1.70. The Morgan fingerprint density at radius 2 is 1.25 bits per heavy atom. The van der Waals surface area contributed by atoms with Crippen molar-refractivity contribution < 1.29 is 14.2 Å². The summed E-state index contributed by atoms with van der Waals surface area (Å²) < 4.78 is 15.8. The van der Waals surface area contributed by atoms with Crippen LogP contribution in [0, 0.1) is 16.2 Å². The normalized spacial score (nSPS) is 22.1. The van der Waals surface area contributed by atoms with E-state index in [4.69, 9.17) is 14.2 Å². The summed E-state index contributed by atoms with van der Waals surface area (Å²) in [6, 6.07) is 0. The van der Waals surface area contributed by atoms with E-state index in [1.165, 1.54) is 0 Å². The number of ether oxygens (including phenoxy) is 3. The molecule has 122 valence electrons. The monoisotopic (exact) mass is 288 g/mol. The Bertz CT molecular complexity index is 250. The van der Waals surface area contributed by atoms with Crippen molar-refractivity contribution in [1.82, 2.24) is 0 Å². The zero-order chi connectivity index (χ0) is 16.0. The molecule has 20 heavy (non-hydrogen) atoms. The van der Waals surface area contributed by atoms with Gasteiger partial charge in [0.1, 0.15) is 0 Å². The van der Waals surface area contributed by atoms with E-state index < -0.39 is 0 Å². The fourth-order valence-corrected chi connectivity index (χ4v) is 1.70.